The van der Waals surface area contributed by atoms with Crippen LogP contribution in [0.2, 0.25) is 0 Å². The van der Waals surface area contributed by atoms with Crippen LogP contribution in [0.25, 0.3) is 11.1 Å². The quantitative estimate of drug-likeness (QED) is 0.157. The van der Waals surface area contributed by atoms with Crippen LogP contribution in [0.5, 0.6) is 0 Å². The van der Waals surface area contributed by atoms with Crippen molar-refractivity contribution in [2.24, 2.45) is 0 Å². The third kappa shape index (κ3) is 8.55. The normalized spacial score (nSPS) is 18.2. The molecule has 3 N–H and O–H groups in total. The molecule has 0 radical (unpaired) electrons. The fourth-order valence-corrected chi connectivity index (χ4v) is 5.95. The second kappa shape index (κ2) is 15.0. The van der Waals surface area contributed by atoms with Gasteiger partial charge >= 0.3 is 5.97 Å². The lowest BCUT2D eigenvalue weighted by Gasteiger charge is -2.36. The highest BCUT2D eigenvalue weighted by molar-refractivity contribution is 7.99. The molecule has 0 spiro atoms. The maximum Gasteiger partial charge on any atom is 0.303 e. The average Bonchev–Trinajstić information content (AvgIpc) is 3.06. The summed E-state index contributed by atoms with van der Waals surface area (Å²) in [5.74, 6) is -0.493. The summed E-state index contributed by atoms with van der Waals surface area (Å²) in [4.78, 5) is 24.1. The highest BCUT2D eigenvalue weighted by Crippen LogP contribution is 2.40. The molecule has 0 unspecified atom stereocenters. The Labute approximate surface area is 255 Å². The number of aliphatic hydroxyl groups excluding tert-OH is 1. The number of nitrogens with one attached hydrogen (secondary N) is 1. The van der Waals surface area contributed by atoms with Crippen LogP contribution in [0, 0.1) is 0 Å². The molecule has 1 fully saturated rings. The van der Waals surface area contributed by atoms with E-state index in [0.717, 1.165) is 45.6 Å². The Morgan fingerprint density at radius 2 is 1.51 bits per heavy atom. The van der Waals surface area contributed by atoms with Gasteiger partial charge in [0.2, 0.25) is 5.91 Å². The van der Waals surface area contributed by atoms with Crippen molar-refractivity contribution in [3.05, 3.63) is 125 Å². The summed E-state index contributed by atoms with van der Waals surface area (Å²) in [7, 11) is 0. The highest BCUT2D eigenvalue weighted by atomic mass is 32.2. The molecule has 1 saturated heterocycles. The number of thioether (sulfide) groups is 1. The van der Waals surface area contributed by atoms with Crippen molar-refractivity contribution in [1.82, 2.24) is 5.32 Å². The topological polar surface area (TPSA) is 105 Å². The second-order valence-corrected chi connectivity index (χ2v) is 11.5. The fourth-order valence-electron chi connectivity index (χ4n) is 5.01. The van der Waals surface area contributed by atoms with E-state index in [9.17, 15) is 14.7 Å². The van der Waals surface area contributed by atoms with Crippen LogP contribution in [0.4, 0.5) is 0 Å². The number of carboxylic acids is 1. The van der Waals surface area contributed by atoms with E-state index < -0.39 is 12.3 Å². The second-order valence-electron chi connectivity index (χ2n) is 10.4. The first kappa shape index (κ1) is 30.5. The van der Waals surface area contributed by atoms with Gasteiger partial charge < -0.3 is 25.0 Å². The molecule has 8 heteroatoms. The average molecular weight is 598 g/mol. The predicted octanol–water partition coefficient (Wildman–Crippen LogP) is 6.66. The molecule has 4 aromatic carbocycles. The number of hydrogen-bond acceptors (Lipinski definition) is 6. The third-order valence-electron chi connectivity index (χ3n) is 7.35. The van der Waals surface area contributed by atoms with E-state index in [2.05, 4.69) is 17.4 Å². The van der Waals surface area contributed by atoms with Gasteiger partial charge in [0.25, 0.3) is 0 Å². The summed E-state index contributed by atoms with van der Waals surface area (Å²) < 4.78 is 13.0. The minimum absolute atomic E-state index is 0.000447. The molecule has 1 aliphatic rings. The van der Waals surface area contributed by atoms with Crippen molar-refractivity contribution >= 4 is 23.6 Å². The number of ether oxygens (including phenoxy) is 2. The van der Waals surface area contributed by atoms with Crippen LogP contribution >= 0.6 is 11.8 Å². The first-order valence-corrected chi connectivity index (χ1v) is 15.3. The van der Waals surface area contributed by atoms with Gasteiger partial charge in [0.15, 0.2) is 6.29 Å². The van der Waals surface area contributed by atoms with Crippen molar-refractivity contribution in [2.75, 3.05) is 5.75 Å². The van der Waals surface area contributed by atoms with Crippen molar-refractivity contribution in [2.45, 2.75) is 55.8 Å². The van der Waals surface area contributed by atoms with Crippen LogP contribution in [0.15, 0.2) is 108 Å². The summed E-state index contributed by atoms with van der Waals surface area (Å²) in [6.45, 7) is 0.309. The van der Waals surface area contributed by atoms with Crippen LogP contribution in [0.1, 0.15) is 53.9 Å². The van der Waals surface area contributed by atoms with Crippen LogP contribution in [-0.2, 0) is 32.2 Å². The Morgan fingerprint density at radius 1 is 0.814 bits per heavy atom. The van der Waals surface area contributed by atoms with Gasteiger partial charge in [-0.05, 0) is 39.9 Å². The zero-order chi connectivity index (χ0) is 30.0. The molecule has 1 amide bonds. The lowest BCUT2D eigenvalue weighted by Crippen LogP contribution is -2.31. The van der Waals surface area contributed by atoms with E-state index in [1.807, 2.05) is 91.0 Å². The summed E-state index contributed by atoms with van der Waals surface area (Å²) in [5, 5.41) is 21.1. The standard InChI is InChI=1S/C35H35NO6S/c37-22-24-10-12-26(13-11-24)32-20-29(23-43-30-7-2-1-3-8-30)41-35(42-32)27-16-14-25(15-17-27)31-9-5-4-6-28(31)21-36-33(38)18-19-34(39)40/h1-17,29,32,35,37H,18-23H2,(H,36,38)(H,39,40)/t29-,32+,35+/m1/s1. The lowest BCUT2D eigenvalue weighted by molar-refractivity contribution is -0.245. The van der Waals surface area contributed by atoms with Gasteiger partial charge in [0.05, 0.1) is 25.2 Å². The Morgan fingerprint density at radius 3 is 2.23 bits per heavy atom. The largest absolute Gasteiger partial charge is 0.481 e. The maximum atomic E-state index is 12.1. The van der Waals surface area contributed by atoms with Crippen molar-refractivity contribution in [3.63, 3.8) is 0 Å². The lowest BCUT2D eigenvalue weighted by atomic mass is 9.97. The summed E-state index contributed by atoms with van der Waals surface area (Å²) in [6, 6.07) is 34.1. The molecule has 0 aromatic heterocycles. The van der Waals surface area contributed by atoms with E-state index in [0.29, 0.717) is 6.54 Å². The minimum Gasteiger partial charge on any atom is -0.481 e. The molecule has 3 atom stereocenters. The molecule has 0 aliphatic carbocycles. The molecule has 5 rings (SSSR count). The van der Waals surface area contributed by atoms with E-state index >= 15 is 0 Å². The first-order chi connectivity index (χ1) is 21.0. The minimum atomic E-state index is -0.992. The fraction of sp³-hybridized carbons (Fsp3) is 0.257. The Balaban J connectivity index is 1.31. The van der Waals surface area contributed by atoms with E-state index in [4.69, 9.17) is 14.6 Å². The number of hydrogen-bond donors (Lipinski definition) is 3. The molecule has 1 heterocycles. The number of aliphatic hydroxyl groups is 1. The maximum absolute atomic E-state index is 12.1. The number of carboxylic acid groups (broad SMARTS) is 1. The molecule has 1 aliphatic heterocycles. The summed E-state index contributed by atoms with van der Waals surface area (Å²) in [5.41, 5.74) is 5.73. The summed E-state index contributed by atoms with van der Waals surface area (Å²) >= 11 is 1.77. The molecule has 7 nitrogen and oxygen atoms in total. The molecule has 0 bridgehead atoms. The molecular formula is C35H35NO6S. The van der Waals surface area contributed by atoms with Crippen molar-refractivity contribution < 1.29 is 29.3 Å². The van der Waals surface area contributed by atoms with E-state index in [1.54, 1.807) is 11.8 Å². The highest BCUT2D eigenvalue weighted by Gasteiger charge is 2.32. The smallest absolute Gasteiger partial charge is 0.303 e. The van der Waals surface area contributed by atoms with Crippen molar-refractivity contribution in [1.29, 1.82) is 0 Å². The summed E-state index contributed by atoms with van der Waals surface area (Å²) in [6.07, 6.45) is -0.255. The number of aliphatic carboxylic acids is 1. The van der Waals surface area contributed by atoms with Gasteiger partial charge in [-0.15, -0.1) is 11.8 Å². The Bertz CT molecular complexity index is 1490. The third-order valence-corrected chi connectivity index (χ3v) is 8.49. The monoisotopic (exact) mass is 597 g/mol. The van der Waals surface area contributed by atoms with E-state index in [1.165, 1.54) is 4.90 Å². The molecule has 43 heavy (non-hydrogen) atoms. The molecular weight excluding hydrogens is 562 g/mol. The van der Waals surface area contributed by atoms with E-state index in [-0.39, 0.29) is 37.6 Å². The van der Waals surface area contributed by atoms with Crippen LogP contribution < -0.4 is 5.32 Å². The van der Waals surface area contributed by atoms with Gasteiger partial charge in [-0.25, -0.2) is 0 Å². The van der Waals surface area contributed by atoms with Gasteiger partial charge in [0.1, 0.15) is 0 Å². The van der Waals surface area contributed by atoms with Gasteiger partial charge in [-0.2, -0.15) is 0 Å². The number of benzene rings is 4. The van der Waals surface area contributed by atoms with Gasteiger partial charge in [-0.3, -0.25) is 9.59 Å². The first-order valence-electron chi connectivity index (χ1n) is 14.3. The Hall–Kier alpha value is -3.95. The number of rotatable bonds is 12. The van der Waals surface area contributed by atoms with Crippen LogP contribution in [0.3, 0.4) is 0 Å². The predicted molar refractivity (Wildman–Crippen MR) is 166 cm³/mol. The number of carbonyl (C=O) groups is 2. The molecule has 4 aromatic rings. The van der Waals surface area contributed by atoms with Gasteiger partial charge in [-0.1, -0.05) is 91.0 Å². The SMILES string of the molecule is O=C(O)CCC(=O)NCc1ccccc1-c1ccc([C@H]2O[C@@H](CSc3ccccc3)C[C@@H](c3ccc(CO)cc3)O2)cc1. The number of carbonyl (C=O) groups excluding carboxylic acids is 1. The van der Waals surface area contributed by atoms with Crippen molar-refractivity contribution in [3.8, 4) is 11.1 Å². The van der Waals surface area contributed by atoms with Gasteiger partial charge in [0, 0.05) is 35.6 Å². The number of amides is 1. The van der Waals surface area contributed by atoms with Crippen LogP contribution in [-0.4, -0.2) is 33.9 Å². The zero-order valence-electron chi connectivity index (χ0n) is 23.7. The molecule has 0 saturated carbocycles. The molecule has 222 valence electrons. The zero-order valence-corrected chi connectivity index (χ0v) is 24.5. The Kier molecular flexibility index (Phi) is 10.6.